The number of carbonyl (C=O) groups is 1. The second kappa shape index (κ2) is 7.68. The van der Waals surface area contributed by atoms with Gasteiger partial charge in [0.05, 0.1) is 13.0 Å². The molecule has 1 aromatic heterocycles. The minimum atomic E-state index is -0.567. The Morgan fingerprint density at radius 2 is 1.97 bits per heavy atom. The van der Waals surface area contributed by atoms with Crippen LogP contribution in [0.1, 0.15) is 33.4 Å². The van der Waals surface area contributed by atoms with Gasteiger partial charge in [0.1, 0.15) is 46.0 Å². The van der Waals surface area contributed by atoms with Crippen LogP contribution in [0.4, 0.5) is 0 Å². The number of methoxy groups -OCH3 is 1. The lowest BCUT2D eigenvalue weighted by Gasteiger charge is -2.25. The van der Waals surface area contributed by atoms with Gasteiger partial charge in [0.15, 0.2) is 0 Å². The van der Waals surface area contributed by atoms with Gasteiger partial charge in [-0.3, -0.25) is 0 Å². The smallest absolute Gasteiger partial charge is 0.347 e. The number of furan rings is 1. The van der Waals surface area contributed by atoms with Gasteiger partial charge >= 0.3 is 5.97 Å². The van der Waals surface area contributed by atoms with Crippen molar-refractivity contribution in [3.05, 3.63) is 88.7 Å². The van der Waals surface area contributed by atoms with Crippen molar-refractivity contribution < 1.29 is 23.4 Å². The molecule has 3 aromatic rings. The van der Waals surface area contributed by atoms with Gasteiger partial charge in [-0.25, -0.2) is 4.79 Å². The van der Waals surface area contributed by atoms with Crippen molar-refractivity contribution in [2.75, 3.05) is 7.11 Å². The molecule has 0 radical (unpaired) electrons. The van der Waals surface area contributed by atoms with Crippen LogP contribution in [0.2, 0.25) is 0 Å². The third-order valence-electron chi connectivity index (χ3n) is 4.77. The molecule has 1 unspecified atom stereocenters. The van der Waals surface area contributed by atoms with Gasteiger partial charge in [-0.05, 0) is 37.3 Å². The molecule has 7 heteroatoms. The van der Waals surface area contributed by atoms with Crippen LogP contribution >= 0.6 is 0 Å². The summed E-state index contributed by atoms with van der Waals surface area (Å²) in [4.78, 5) is 12.6. The summed E-state index contributed by atoms with van der Waals surface area (Å²) in [5, 5.41) is 9.58. The fourth-order valence-corrected chi connectivity index (χ4v) is 3.38. The highest BCUT2D eigenvalue weighted by Crippen LogP contribution is 2.43. The van der Waals surface area contributed by atoms with E-state index >= 15 is 0 Å². The number of carbonyl (C=O) groups excluding carboxylic acids is 1. The number of aryl methyl sites for hydroxylation is 1. The van der Waals surface area contributed by atoms with E-state index < -0.39 is 11.9 Å². The SMILES string of the molecule is COc1ccccc1C(=O)Oc1ccc2c(c1)OC(N)=C(C#N)C2c1ccc(C)o1. The lowest BCUT2D eigenvalue weighted by molar-refractivity contribution is 0.0731. The Morgan fingerprint density at radius 3 is 2.67 bits per heavy atom. The summed E-state index contributed by atoms with van der Waals surface area (Å²) in [6.45, 7) is 1.82. The second-order valence-electron chi connectivity index (χ2n) is 6.66. The number of benzene rings is 2. The van der Waals surface area contributed by atoms with Crippen LogP contribution in [-0.2, 0) is 0 Å². The highest BCUT2D eigenvalue weighted by atomic mass is 16.5. The molecule has 150 valence electrons. The first-order valence-electron chi connectivity index (χ1n) is 9.15. The standard InChI is InChI=1S/C23H18N2O5/c1-13-7-10-19(28-13)21-15-9-8-14(11-20(15)30-22(25)17(21)12-24)29-23(26)16-5-3-4-6-18(16)27-2/h3-11,21H,25H2,1-2H3. The Hall–Kier alpha value is -4.18. The van der Waals surface area contributed by atoms with Gasteiger partial charge in [-0.15, -0.1) is 0 Å². The van der Waals surface area contributed by atoms with E-state index in [0.29, 0.717) is 28.4 Å². The molecule has 7 nitrogen and oxygen atoms in total. The zero-order valence-corrected chi connectivity index (χ0v) is 16.3. The van der Waals surface area contributed by atoms with Crippen molar-refractivity contribution in [1.29, 1.82) is 5.26 Å². The van der Waals surface area contributed by atoms with E-state index in [2.05, 4.69) is 6.07 Å². The van der Waals surface area contributed by atoms with Gasteiger partial charge in [0, 0.05) is 11.6 Å². The zero-order chi connectivity index (χ0) is 21.3. The summed E-state index contributed by atoms with van der Waals surface area (Å²) >= 11 is 0. The lowest BCUT2D eigenvalue weighted by atomic mass is 9.87. The highest BCUT2D eigenvalue weighted by Gasteiger charge is 2.33. The Morgan fingerprint density at radius 1 is 1.17 bits per heavy atom. The number of hydrogen-bond donors (Lipinski definition) is 1. The van der Waals surface area contributed by atoms with Crippen molar-refractivity contribution >= 4 is 5.97 Å². The molecule has 1 atom stereocenters. The highest BCUT2D eigenvalue weighted by molar-refractivity contribution is 5.94. The Balaban J connectivity index is 1.69. The zero-order valence-electron chi connectivity index (χ0n) is 16.3. The van der Waals surface area contributed by atoms with Crippen molar-refractivity contribution in [2.45, 2.75) is 12.8 Å². The number of allylic oxidation sites excluding steroid dienone is 1. The van der Waals surface area contributed by atoms with Crippen LogP contribution in [0, 0.1) is 18.3 Å². The van der Waals surface area contributed by atoms with Gasteiger partial charge in [0.2, 0.25) is 5.88 Å². The molecule has 2 aromatic carbocycles. The first-order valence-corrected chi connectivity index (χ1v) is 9.15. The number of hydrogen-bond acceptors (Lipinski definition) is 7. The quantitative estimate of drug-likeness (QED) is 0.518. The molecular weight excluding hydrogens is 384 g/mol. The number of esters is 1. The van der Waals surface area contributed by atoms with Crippen LogP contribution in [0.3, 0.4) is 0 Å². The molecule has 0 aliphatic carbocycles. The summed E-state index contributed by atoms with van der Waals surface area (Å²) in [5.41, 5.74) is 7.23. The van der Waals surface area contributed by atoms with E-state index in [4.69, 9.17) is 24.4 Å². The molecule has 0 fully saturated rings. The first-order chi connectivity index (χ1) is 14.5. The summed E-state index contributed by atoms with van der Waals surface area (Å²) in [5.74, 6) is 1.27. The van der Waals surface area contributed by atoms with E-state index in [1.165, 1.54) is 7.11 Å². The topological polar surface area (TPSA) is 108 Å². The van der Waals surface area contributed by atoms with Crippen molar-refractivity contribution in [2.24, 2.45) is 5.73 Å². The molecule has 0 bridgehead atoms. The number of ether oxygens (including phenoxy) is 3. The van der Waals surface area contributed by atoms with Gasteiger partial charge in [-0.2, -0.15) is 5.26 Å². The molecule has 4 rings (SSSR count). The molecular formula is C23H18N2O5. The van der Waals surface area contributed by atoms with Crippen molar-refractivity contribution in [1.82, 2.24) is 0 Å². The molecule has 0 spiro atoms. The molecule has 1 aliphatic heterocycles. The van der Waals surface area contributed by atoms with E-state index in [0.717, 1.165) is 5.76 Å². The molecule has 2 N–H and O–H groups in total. The third-order valence-corrected chi connectivity index (χ3v) is 4.77. The maximum Gasteiger partial charge on any atom is 0.347 e. The average molecular weight is 402 g/mol. The van der Waals surface area contributed by atoms with E-state index in [1.54, 1.807) is 48.5 Å². The van der Waals surface area contributed by atoms with E-state index in [1.807, 2.05) is 13.0 Å². The molecule has 2 heterocycles. The lowest BCUT2D eigenvalue weighted by Crippen LogP contribution is -2.21. The maximum atomic E-state index is 12.6. The predicted octanol–water partition coefficient (Wildman–Crippen LogP) is 4.03. The van der Waals surface area contributed by atoms with Crippen LogP contribution < -0.4 is 19.9 Å². The van der Waals surface area contributed by atoms with Crippen LogP contribution in [-0.4, -0.2) is 13.1 Å². The number of nitrogens with two attached hydrogens (primary N) is 1. The third kappa shape index (κ3) is 3.35. The van der Waals surface area contributed by atoms with Crippen LogP contribution in [0.25, 0.3) is 0 Å². The summed E-state index contributed by atoms with van der Waals surface area (Å²) in [6.07, 6.45) is 0. The molecule has 30 heavy (non-hydrogen) atoms. The number of para-hydroxylation sites is 1. The minimum Gasteiger partial charge on any atom is -0.496 e. The second-order valence-corrected chi connectivity index (χ2v) is 6.66. The van der Waals surface area contributed by atoms with Crippen molar-refractivity contribution in [3.63, 3.8) is 0 Å². The number of nitrogens with zero attached hydrogens (tertiary/aromatic N) is 1. The summed E-state index contributed by atoms with van der Waals surface area (Å²) < 4.78 is 22.1. The Bertz CT molecular complexity index is 1200. The fraction of sp³-hybridized carbons (Fsp3) is 0.130. The van der Waals surface area contributed by atoms with Gasteiger partial charge in [-0.1, -0.05) is 18.2 Å². The normalized spacial score (nSPS) is 15.0. The van der Waals surface area contributed by atoms with Gasteiger partial charge in [0.25, 0.3) is 0 Å². The molecule has 0 amide bonds. The number of rotatable bonds is 4. The average Bonchev–Trinajstić information content (AvgIpc) is 3.18. The Kier molecular flexibility index (Phi) is 4.90. The van der Waals surface area contributed by atoms with Crippen molar-refractivity contribution in [3.8, 4) is 23.3 Å². The van der Waals surface area contributed by atoms with Crippen LogP contribution in [0.15, 0.2) is 70.5 Å². The summed E-state index contributed by atoms with van der Waals surface area (Å²) in [7, 11) is 1.48. The van der Waals surface area contributed by atoms with Gasteiger partial charge < -0.3 is 24.4 Å². The number of nitriles is 1. The fourth-order valence-electron chi connectivity index (χ4n) is 3.38. The monoisotopic (exact) mass is 402 g/mol. The number of fused-ring (bicyclic) bond motifs is 1. The van der Waals surface area contributed by atoms with Crippen LogP contribution in [0.5, 0.6) is 17.2 Å². The minimum absolute atomic E-state index is 0.0164. The molecule has 1 aliphatic rings. The predicted molar refractivity (Wildman–Crippen MR) is 107 cm³/mol. The molecule has 0 saturated carbocycles. The molecule has 0 saturated heterocycles. The largest absolute Gasteiger partial charge is 0.496 e. The first kappa shape index (κ1) is 19.2. The Labute approximate surface area is 172 Å². The van der Waals surface area contributed by atoms with E-state index in [-0.39, 0.29) is 17.2 Å². The summed E-state index contributed by atoms with van der Waals surface area (Å²) in [6, 6.07) is 17.4. The maximum absolute atomic E-state index is 12.6. The van der Waals surface area contributed by atoms with E-state index in [9.17, 15) is 10.1 Å².